The molecule has 0 unspecified atom stereocenters. The monoisotopic (exact) mass is 312 g/mol. The second kappa shape index (κ2) is 6.60. The van der Waals surface area contributed by atoms with Crippen molar-refractivity contribution in [2.75, 3.05) is 30.5 Å². The lowest BCUT2D eigenvalue weighted by atomic mass is 10.1. The number of ether oxygens (including phenoxy) is 2. The van der Waals surface area contributed by atoms with Crippen LogP contribution in [-0.4, -0.2) is 26.2 Å². The quantitative estimate of drug-likeness (QED) is 0.922. The standard InChI is InChI=1S/C18H20N2O3/c1-3-20-15-9-8-14(10-17(15)23-12-18(20)21)19-11-13-6-4-5-7-16(13)22-2/h4-10,19H,3,11-12H2,1-2H3. The van der Waals surface area contributed by atoms with Crippen molar-refractivity contribution in [3.8, 4) is 11.5 Å². The number of hydrogen-bond acceptors (Lipinski definition) is 4. The second-order valence-electron chi connectivity index (χ2n) is 5.27. The van der Waals surface area contributed by atoms with Gasteiger partial charge in [-0.3, -0.25) is 4.79 Å². The van der Waals surface area contributed by atoms with Crippen molar-refractivity contribution in [3.05, 3.63) is 48.0 Å². The molecule has 0 bridgehead atoms. The molecular weight excluding hydrogens is 292 g/mol. The van der Waals surface area contributed by atoms with E-state index in [1.807, 2.05) is 49.4 Å². The van der Waals surface area contributed by atoms with Crippen molar-refractivity contribution in [1.82, 2.24) is 0 Å². The number of para-hydroxylation sites is 1. The number of nitrogens with one attached hydrogen (secondary N) is 1. The molecule has 2 aromatic rings. The zero-order valence-corrected chi connectivity index (χ0v) is 13.3. The van der Waals surface area contributed by atoms with E-state index in [1.54, 1.807) is 12.0 Å². The summed E-state index contributed by atoms with van der Waals surface area (Å²) in [5.74, 6) is 1.59. The van der Waals surface area contributed by atoms with E-state index in [0.29, 0.717) is 13.1 Å². The third-order valence-electron chi connectivity index (χ3n) is 3.89. The minimum atomic E-state index is -0.00488. The minimum Gasteiger partial charge on any atom is -0.496 e. The molecule has 1 heterocycles. The largest absolute Gasteiger partial charge is 0.496 e. The van der Waals surface area contributed by atoms with Crippen LogP contribution in [0.15, 0.2) is 42.5 Å². The normalized spacial score (nSPS) is 13.3. The molecule has 0 atom stereocenters. The first kappa shape index (κ1) is 15.2. The number of amides is 1. The number of methoxy groups -OCH3 is 1. The molecule has 3 rings (SSSR count). The Kier molecular flexibility index (Phi) is 4.37. The van der Waals surface area contributed by atoms with Gasteiger partial charge in [0.2, 0.25) is 0 Å². The molecule has 1 aliphatic heterocycles. The van der Waals surface area contributed by atoms with Crippen molar-refractivity contribution in [1.29, 1.82) is 0 Å². The number of carbonyl (C=O) groups excluding carboxylic acids is 1. The van der Waals surface area contributed by atoms with Gasteiger partial charge >= 0.3 is 0 Å². The number of hydrogen-bond donors (Lipinski definition) is 1. The van der Waals surface area contributed by atoms with Gasteiger partial charge in [-0.05, 0) is 25.1 Å². The Morgan fingerprint density at radius 3 is 2.87 bits per heavy atom. The van der Waals surface area contributed by atoms with Gasteiger partial charge in [0.05, 0.1) is 12.8 Å². The molecule has 0 radical (unpaired) electrons. The van der Waals surface area contributed by atoms with Gasteiger partial charge in [0.25, 0.3) is 5.91 Å². The van der Waals surface area contributed by atoms with Crippen molar-refractivity contribution >= 4 is 17.3 Å². The Hall–Kier alpha value is -2.69. The first-order valence-corrected chi connectivity index (χ1v) is 7.66. The van der Waals surface area contributed by atoms with Crippen LogP contribution in [0.3, 0.4) is 0 Å². The summed E-state index contributed by atoms with van der Waals surface area (Å²) in [4.78, 5) is 13.6. The molecule has 0 saturated carbocycles. The molecule has 120 valence electrons. The van der Waals surface area contributed by atoms with Crippen LogP contribution >= 0.6 is 0 Å². The number of benzene rings is 2. The summed E-state index contributed by atoms with van der Waals surface area (Å²) in [6, 6.07) is 13.7. The van der Waals surface area contributed by atoms with E-state index in [4.69, 9.17) is 9.47 Å². The highest BCUT2D eigenvalue weighted by molar-refractivity contribution is 5.98. The lowest BCUT2D eigenvalue weighted by Gasteiger charge is -2.28. The summed E-state index contributed by atoms with van der Waals surface area (Å²) in [6.45, 7) is 3.35. The molecule has 0 aliphatic carbocycles. The summed E-state index contributed by atoms with van der Waals surface area (Å²) in [5.41, 5.74) is 2.85. The topological polar surface area (TPSA) is 50.8 Å². The molecule has 23 heavy (non-hydrogen) atoms. The van der Waals surface area contributed by atoms with Crippen LogP contribution in [0.5, 0.6) is 11.5 Å². The highest BCUT2D eigenvalue weighted by atomic mass is 16.5. The van der Waals surface area contributed by atoms with Gasteiger partial charge in [0, 0.05) is 30.4 Å². The van der Waals surface area contributed by atoms with Crippen LogP contribution in [0.4, 0.5) is 11.4 Å². The molecule has 5 heteroatoms. The maximum absolute atomic E-state index is 11.8. The van der Waals surface area contributed by atoms with Crippen LogP contribution < -0.4 is 19.7 Å². The summed E-state index contributed by atoms with van der Waals surface area (Å²) in [6.07, 6.45) is 0. The first-order chi connectivity index (χ1) is 11.2. The Morgan fingerprint density at radius 2 is 2.09 bits per heavy atom. The third kappa shape index (κ3) is 3.08. The Balaban J connectivity index is 1.76. The maximum atomic E-state index is 11.8. The van der Waals surface area contributed by atoms with Crippen LogP contribution in [0, 0.1) is 0 Å². The number of carbonyl (C=O) groups is 1. The Morgan fingerprint density at radius 1 is 1.26 bits per heavy atom. The first-order valence-electron chi connectivity index (χ1n) is 7.66. The van der Waals surface area contributed by atoms with Crippen molar-refractivity contribution < 1.29 is 14.3 Å². The predicted octanol–water partition coefficient (Wildman–Crippen LogP) is 3.05. The van der Waals surface area contributed by atoms with E-state index in [0.717, 1.165) is 28.4 Å². The molecule has 1 amide bonds. The van der Waals surface area contributed by atoms with Gasteiger partial charge in [-0.1, -0.05) is 18.2 Å². The van der Waals surface area contributed by atoms with Crippen LogP contribution in [0.2, 0.25) is 0 Å². The van der Waals surface area contributed by atoms with Gasteiger partial charge in [0.15, 0.2) is 6.61 Å². The Labute approximate surface area is 135 Å². The zero-order chi connectivity index (χ0) is 16.2. The van der Waals surface area contributed by atoms with Crippen molar-refractivity contribution in [2.24, 2.45) is 0 Å². The molecular formula is C18H20N2O3. The van der Waals surface area contributed by atoms with E-state index >= 15 is 0 Å². The van der Waals surface area contributed by atoms with Crippen LogP contribution in [-0.2, 0) is 11.3 Å². The van der Waals surface area contributed by atoms with Gasteiger partial charge in [0.1, 0.15) is 11.5 Å². The molecule has 2 aromatic carbocycles. The van der Waals surface area contributed by atoms with E-state index in [1.165, 1.54) is 0 Å². The van der Waals surface area contributed by atoms with E-state index in [9.17, 15) is 4.79 Å². The number of anilines is 2. The molecule has 5 nitrogen and oxygen atoms in total. The highest BCUT2D eigenvalue weighted by Crippen LogP contribution is 2.34. The van der Waals surface area contributed by atoms with Gasteiger partial charge in [-0.2, -0.15) is 0 Å². The molecule has 1 N–H and O–H groups in total. The molecule has 0 spiro atoms. The average Bonchev–Trinajstić information content (AvgIpc) is 2.60. The molecule has 0 fully saturated rings. The third-order valence-corrected chi connectivity index (χ3v) is 3.89. The van der Waals surface area contributed by atoms with Gasteiger partial charge in [-0.25, -0.2) is 0 Å². The zero-order valence-electron chi connectivity index (χ0n) is 13.3. The summed E-state index contributed by atoms with van der Waals surface area (Å²) < 4.78 is 10.9. The van der Waals surface area contributed by atoms with Crippen LogP contribution in [0.25, 0.3) is 0 Å². The molecule has 0 aromatic heterocycles. The fourth-order valence-electron chi connectivity index (χ4n) is 2.71. The average molecular weight is 312 g/mol. The SMILES string of the molecule is CCN1C(=O)COc2cc(NCc3ccccc3OC)ccc21. The number of likely N-dealkylation sites (N-methyl/N-ethyl adjacent to an activating group) is 1. The number of nitrogens with zero attached hydrogens (tertiary/aromatic N) is 1. The second-order valence-corrected chi connectivity index (χ2v) is 5.27. The summed E-state index contributed by atoms with van der Waals surface area (Å²) in [7, 11) is 1.67. The maximum Gasteiger partial charge on any atom is 0.265 e. The van der Waals surface area contributed by atoms with Gasteiger partial charge in [-0.15, -0.1) is 0 Å². The van der Waals surface area contributed by atoms with Crippen molar-refractivity contribution in [2.45, 2.75) is 13.5 Å². The lowest BCUT2D eigenvalue weighted by molar-refractivity contribution is -0.121. The minimum absolute atomic E-state index is 0.00488. The smallest absolute Gasteiger partial charge is 0.265 e. The molecule has 1 aliphatic rings. The van der Waals surface area contributed by atoms with Gasteiger partial charge < -0.3 is 19.7 Å². The van der Waals surface area contributed by atoms with E-state index in [2.05, 4.69) is 5.32 Å². The summed E-state index contributed by atoms with van der Waals surface area (Å²) in [5, 5.41) is 3.37. The van der Waals surface area contributed by atoms with Crippen molar-refractivity contribution in [3.63, 3.8) is 0 Å². The van der Waals surface area contributed by atoms with E-state index in [-0.39, 0.29) is 12.5 Å². The van der Waals surface area contributed by atoms with Crippen LogP contribution in [0.1, 0.15) is 12.5 Å². The highest BCUT2D eigenvalue weighted by Gasteiger charge is 2.24. The number of rotatable bonds is 5. The predicted molar refractivity (Wildman–Crippen MR) is 90.3 cm³/mol. The fourth-order valence-corrected chi connectivity index (χ4v) is 2.71. The number of fused-ring (bicyclic) bond motifs is 1. The lowest BCUT2D eigenvalue weighted by Crippen LogP contribution is -2.38. The fraction of sp³-hybridized carbons (Fsp3) is 0.278. The van der Waals surface area contributed by atoms with E-state index < -0.39 is 0 Å². The molecule has 0 saturated heterocycles. The summed E-state index contributed by atoms with van der Waals surface area (Å²) >= 11 is 0. The Bertz CT molecular complexity index is 715.